The highest BCUT2D eigenvalue weighted by Crippen LogP contribution is 2.18. The molecule has 2 heteroatoms. The third kappa shape index (κ3) is 11.5. The van der Waals surface area contributed by atoms with Crippen LogP contribution in [0.15, 0.2) is 36.7 Å². The van der Waals surface area contributed by atoms with Crippen molar-refractivity contribution in [3.8, 4) is 11.4 Å². The van der Waals surface area contributed by atoms with Gasteiger partial charge in [0.2, 0.25) is 0 Å². The summed E-state index contributed by atoms with van der Waals surface area (Å²) in [5, 5.41) is 0. The molecule has 2 nitrogen and oxygen atoms in total. The maximum Gasteiger partial charge on any atom is 0.159 e. The molecule has 1 aromatic heterocycles. The smallest absolute Gasteiger partial charge is 0.159 e. The number of hydrogen-bond donors (Lipinski definition) is 0. The summed E-state index contributed by atoms with van der Waals surface area (Å²) in [4.78, 5) is 9.25. The molecule has 0 radical (unpaired) electrons. The second kappa shape index (κ2) is 16.9. The van der Waals surface area contributed by atoms with E-state index in [1.54, 1.807) is 0 Å². The van der Waals surface area contributed by atoms with Crippen molar-refractivity contribution in [1.29, 1.82) is 0 Å². The minimum absolute atomic E-state index is 0.847. The van der Waals surface area contributed by atoms with E-state index >= 15 is 0 Å². The molecular formula is C29H46N2. The molecule has 0 aliphatic carbocycles. The molecule has 0 spiro atoms. The average Bonchev–Trinajstić information content (AvgIpc) is 2.81. The van der Waals surface area contributed by atoms with E-state index in [-0.39, 0.29) is 0 Å². The molecule has 0 N–H and O–H groups in total. The number of aryl methyl sites for hydroxylation is 2. The molecule has 0 aliphatic heterocycles. The maximum atomic E-state index is 4.62. The molecule has 1 heterocycles. The van der Waals surface area contributed by atoms with Crippen LogP contribution in [0.4, 0.5) is 0 Å². The third-order valence-electron chi connectivity index (χ3n) is 6.31. The summed E-state index contributed by atoms with van der Waals surface area (Å²) in [6.45, 7) is 4.55. The van der Waals surface area contributed by atoms with Gasteiger partial charge in [-0.25, -0.2) is 9.97 Å². The van der Waals surface area contributed by atoms with Crippen molar-refractivity contribution >= 4 is 0 Å². The molecule has 0 atom stereocenters. The Balaban J connectivity index is 1.58. The standard InChI is InChI=1S/C29H46N2/c1-3-5-7-9-10-11-12-13-14-15-17-19-27-24-30-29(31-25-27)28-22-20-26(21-23-28)18-16-8-6-4-2/h20-25H,3-19H2,1-2H3. The fourth-order valence-electron chi connectivity index (χ4n) is 4.20. The van der Waals surface area contributed by atoms with E-state index in [0.717, 1.165) is 17.8 Å². The second-order valence-electron chi connectivity index (χ2n) is 9.21. The van der Waals surface area contributed by atoms with E-state index in [1.165, 1.54) is 114 Å². The predicted octanol–water partition coefficient (Wildman–Crippen LogP) is 9.12. The SMILES string of the molecule is CCCCCCCCCCCCCc1cnc(-c2ccc(CCCCCC)cc2)nc1. The Hall–Kier alpha value is -1.70. The van der Waals surface area contributed by atoms with E-state index in [0.29, 0.717) is 0 Å². The van der Waals surface area contributed by atoms with Crippen LogP contribution in [0.2, 0.25) is 0 Å². The van der Waals surface area contributed by atoms with Crippen LogP contribution in [-0.2, 0) is 12.8 Å². The molecule has 0 amide bonds. The Kier molecular flexibility index (Phi) is 14.0. The number of unbranched alkanes of at least 4 members (excludes halogenated alkanes) is 13. The third-order valence-corrected chi connectivity index (χ3v) is 6.31. The zero-order valence-corrected chi connectivity index (χ0v) is 20.4. The van der Waals surface area contributed by atoms with Gasteiger partial charge in [0.05, 0.1) is 0 Å². The first-order chi connectivity index (χ1) is 15.3. The maximum absolute atomic E-state index is 4.62. The van der Waals surface area contributed by atoms with Gasteiger partial charge in [0.25, 0.3) is 0 Å². The molecule has 2 aromatic rings. The van der Waals surface area contributed by atoms with Crippen molar-refractivity contribution in [1.82, 2.24) is 9.97 Å². The summed E-state index contributed by atoms with van der Waals surface area (Å²) in [7, 11) is 0. The fraction of sp³-hybridized carbons (Fsp3) is 0.655. The fourth-order valence-corrected chi connectivity index (χ4v) is 4.20. The lowest BCUT2D eigenvalue weighted by Gasteiger charge is -2.05. The first-order valence-electron chi connectivity index (χ1n) is 13.2. The topological polar surface area (TPSA) is 25.8 Å². The van der Waals surface area contributed by atoms with Crippen LogP contribution in [0.1, 0.15) is 121 Å². The molecule has 31 heavy (non-hydrogen) atoms. The van der Waals surface area contributed by atoms with Gasteiger partial charge in [-0.2, -0.15) is 0 Å². The molecule has 0 unspecified atom stereocenters. The van der Waals surface area contributed by atoms with Crippen LogP contribution in [0.5, 0.6) is 0 Å². The molecule has 2 rings (SSSR count). The van der Waals surface area contributed by atoms with Crippen LogP contribution in [-0.4, -0.2) is 9.97 Å². The van der Waals surface area contributed by atoms with Crippen LogP contribution >= 0.6 is 0 Å². The van der Waals surface area contributed by atoms with Gasteiger partial charge < -0.3 is 0 Å². The number of nitrogens with zero attached hydrogens (tertiary/aromatic N) is 2. The summed E-state index contributed by atoms with van der Waals surface area (Å²) >= 11 is 0. The summed E-state index contributed by atoms with van der Waals surface area (Å²) in [6, 6.07) is 8.83. The normalized spacial score (nSPS) is 11.2. The monoisotopic (exact) mass is 422 g/mol. The average molecular weight is 423 g/mol. The lowest BCUT2D eigenvalue weighted by atomic mass is 10.0. The van der Waals surface area contributed by atoms with Crippen molar-refractivity contribution in [3.05, 3.63) is 47.8 Å². The van der Waals surface area contributed by atoms with Crippen LogP contribution < -0.4 is 0 Å². The Labute approximate surface area is 192 Å². The van der Waals surface area contributed by atoms with Gasteiger partial charge in [-0.3, -0.25) is 0 Å². The van der Waals surface area contributed by atoms with Crippen molar-refractivity contribution in [3.63, 3.8) is 0 Å². The number of rotatable bonds is 18. The molecule has 0 saturated carbocycles. The molecule has 172 valence electrons. The summed E-state index contributed by atoms with van der Waals surface area (Å²) < 4.78 is 0. The van der Waals surface area contributed by atoms with Crippen molar-refractivity contribution in [2.75, 3.05) is 0 Å². The number of benzene rings is 1. The molecule has 0 bridgehead atoms. The van der Waals surface area contributed by atoms with Crippen LogP contribution in [0, 0.1) is 0 Å². The lowest BCUT2D eigenvalue weighted by molar-refractivity contribution is 0.549. The number of aromatic nitrogens is 2. The molecule has 0 aliphatic rings. The Morgan fingerprint density at radius 2 is 0.903 bits per heavy atom. The van der Waals surface area contributed by atoms with E-state index in [9.17, 15) is 0 Å². The lowest BCUT2D eigenvalue weighted by Crippen LogP contribution is -1.94. The zero-order chi connectivity index (χ0) is 22.0. The highest BCUT2D eigenvalue weighted by Gasteiger charge is 2.03. The summed E-state index contributed by atoms with van der Waals surface area (Å²) in [6.07, 6.45) is 26.9. The Morgan fingerprint density at radius 1 is 0.484 bits per heavy atom. The van der Waals surface area contributed by atoms with Gasteiger partial charge in [0.15, 0.2) is 5.82 Å². The highest BCUT2D eigenvalue weighted by atomic mass is 14.9. The van der Waals surface area contributed by atoms with Crippen LogP contribution in [0.25, 0.3) is 11.4 Å². The minimum Gasteiger partial charge on any atom is -0.236 e. The van der Waals surface area contributed by atoms with Gasteiger partial charge in [0.1, 0.15) is 0 Å². The van der Waals surface area contributed by atoms with Crippen molar-refractivity contribution in [2.24, 2.45) is 0 Å². The first-order valence-corrected chi connectivity index (χ1v) is 13.2. The first kappa shape index (κ1) is 25.6. The van der Waals surface area contributed by atoms with Gasteiger partial charge in [0, 0.05) is 18.0 Å². The molecule has 0 fully saturated rings. The van der Waals surface area contributed by atoms with Gasteiger partial charge in [-0.15, -0.1) is 0 Å². The quantitative estimate of drug-likeness (QED) is 0.224. The second-order valence-corrected chi connectivity index (χ2v) is 9.21. The molecule has 0 saturated heterocycles. The number of hydrogen-bond acceptors (Lipinski definition) is 2. The van der Waals surface area contributed by atoms with E-state index in [1.807, 2.05) is 12.4 Å². The van der Waals surface area contributed by atoms with Gasteiger partial charge in [-0.1, -0.05) is 122 Å². The van der Waals surface area contributed by atoms with Crippen molar-refractivity contribution in [2.45, 2.75) is 123 Å². The van der Waals surface area contributed by atoms with Gasteiger partial charge in [-0.05, 0) is 36.8 Å². The highest BCUT2D eigenvalue weighted by molar-refractivity contribution is 5.55. The van der Waals surface area contributed by atoms with Crippen LogP contribution in [0.3, 0.4) is 0 Å². The largest absolute Gasteiger partial charge is 0.236 e. The molecule has 1 aromatic carbocycles. The van der Waals surface area contributed by atoms with Gasteiger partial charge >= 0.3 is 0 Å². The summed E-state index contributed by atoms with van der Waals surface area (Å²) in [5.41, 5.74) is 3.82. The molecular weight excluding hydrogens is 376 g/mol. The predicted molar refractivity (Wildman–Crippen MR) is 135 cm³/mol. The van der Waals surface area contributed by atoms with E-state index < -0.39 is 0 Å². The summed E-state index contributed by atoms with van der Waals surface area (Å²) in [5.74, 6) is 0.847. The Bertz CT molecular complexity index is 660. The van der Waals surface area contributed by atoms with E-state index in [2.05, 4.69) is 48.1 Å². The minimum atomic E-state index is 0.847. The zero-order valence-electron chi connectivity index (χ0n) is 20.4. The van der Waals surface area contributed by atoms with Crippen molar-refractivity contribution < 1.29 is 0 Å². The van der Waals surface area contributed by atoms with E-state index in [4.69, 9.17) is 0 Å². The Morgan fingerprint density at radius 3 is 1.42 bits per heavy atom.